The summed E-state index contributed by atoms with van der Waals surface area (Å²) >= 11 is 0. The van der Waals surface area contributed by atoms with Crippen LogP contribution < -0.4 is 4.74 Å². The van der Waals surface area contributed by atoms with E-state index < -0.39 is 0 Å². The minimum Gasteiger partial charge on any atom is -0.486 e. The van der Waals surface area contributed by atoms with Crippen LogP contribution in [0.2, 0.25) is 0 Å². The van der Waals surface area contributed by atoms with Crippen molar-refractivity contribution >= 4 is 11.7 Å². The lowest BCUT2D eigenvalue weighted by atomic mass is 10.1. The molecule has 7 nitrogen and oxygen atoms in total. The number of carbonyl (C=O) groups is 2. The van der Waals surface area contributed by atoms with Gasteiger partial charge < -0.3 is 18.9 Å². The van der Waals surface area contributed by atoms with Gasteiger partial charge in [0.25, 0.3) is 5.91 Å². The van der Waals surface area contributed by atoms with Gasteiger partial charge in [-0.2, -0.15) is 0 Å². The summed E-state index contributed by atoms with van der Waals surface area (Å²) in [6, 6.07) is 8.51. The summed E-state index contributed by atoms with van der Waals surface area (Å²) in [5.74, 6) is 1.21. The number of amides is 1. The molecular weight excluding hydrogens is 336 g/mol. The fourth-order valence-corrected chi connectivity index (χ4v) is 2.99. The molecule has 0 unspecified atom stereocenters. The molecule has 26 heavy (non-hydrogen) atoms. The normalized spacial score (nSPS) is 16.7. The van der Waals surface area contributed by atoms with Gasteiger partial charge in [-0.3, -0.25) is 9.59 Å². The van der Waals surface area contributed by atoms with Gasteiger partial charge in [0.1, 0.15) is 12.4 Å². The number of ether oxygens (including phenoxy) is 2. The highest BCUT2D eigenvalue weighted by Crippen LogP contribution is 2.20. The Kier molecular flexibility index (Phi) is 5.68. The topological polar surface area (TPSA) is 81.9 Å². The molecule has 0 aliphatic carbocycles. The number of ketones is 1. The molecule has 1 aliphatic heterocycles. The van der Waals surface area contributed by atoms with Crippen molar-refractivity contribution in [3.05, 3.63) is 47.3 Å². The summed E-state index contributed by atoms with van der Waals surface area (Å²) in [4.78, 5) is 25.7. The highest BCUT2D eigenvalue weighted by molar-refractivity contribution is 5.94. The minimum absolute atomic E-state index is 0.0274. The summed E-state index contributed by atoms with van der Waals surface area (Å²) in [6.45, 7) is 3.66. The maximum absolute atomic E-state index is 12.5. The number of hydrogen-bond donors (Lipinski definition) is 0. The van der Waals surface area contributed by atoms with Crippen molar-refractivity contribution in [1.29, 1.82) is 0 Å². The maximum atomic E-state index is 12.5. The molecule has 1 amide bonds. The van der Waals surface area contributed by atoms with Crippen molar-refractivity contribution < 1.29 is 23.6 Å². The van der Waals surface area contributed by atoms with Crippen LogP contribution >= 0.6 is 0 Å². The van der Waals surface area contributed by atoms with E-state index in [1.54, 1.807) is 42.3 Å². The van der Waals surface area contributed by atoms with Crippen molar-refractivity contribution in [3.63, 3.8) is 0 Å². The molecule has 0 saturated carbocycles. The summed E-state index contributed by atoms with van der Waals surface area (Å²) in [6.07, 6.45) is 0.930. The highest BCUT2D eigenvalue weighted by atomic mass is 16.5. The van der Waals surface area contributed by atoms with Crippen LogP contribution in [0.25, 0.3) is 0 Å². The van der Waals surface area contributed by atoms with E-state index in [0.29, 0.717) is 42.7 Å². The molecule has 1 aromatic heterocycles. The molecule has 0 spiro atoms. The number of carbonyl (C=O) groups excluding carboxylic acids is 2. The second-order valence-corrected chi connectivity index (χ2v) is 6.41. The van der Waals surface area contributed by atoms with Crippen LogP contribution in [-0.4, -0.2) is 48.6 Å². The molecule has 1 saturated heterocycles. The number of Topliss-reactive ketones (excluding diaryl/α,β-unsaturated/α-hetero) is 1. The molecule has 0 bridgehead atoms. The van der Waals surface area contributed by atoms with Crippen LogP contribution in [-0.2, 0) is 11.3 Å². The summed E-state index contributed by atoms with van der Waals surface area (Å²) in [5.41, 5.74) is 0.856. The quantitative estimate of drug-likeness (QED) is 0.708. The Morgan fingerprint density at radius 1 is 1.35 bits per heavy atom. The number of hydrogen-bond acceptors (Lipinski definition) is 6. The average Bonchev–Trinajstić information content (AvgIpc) is 3.29. The van der Waals surface area contributed by atoms with Gasteiger partial charge >= 0.3 is 0 Å². The Balaban J connectivity index is 1.57. The fraction of sp³-hybridized carbons (Fsp3) is 0.421. The highest BCUT2D eigenvalue weighted by Gasteiger charge is 2.28. The molecule has 3 rings (SSSR count). The number of nitrogens with zero attached hydrogens (tertiary/aromatic N) is 2. The SMILES string of the molecule is COC[C@H]1CCN(C(=O)c2cc(COc3cccc(C(C)=O)c3)on2)C1. The van der Waals surface area contributed by atoms with E-state index >= 15 is 0 Å². The number of rotatable bonds is 7. The van der Waals surface area contributed by atoms with E-state index in [1.165, 1.54) is 6.92 Å². The monoisotopic (exact) mass is 358 g/mol. The first kappa shape index (κ1) is 18.1. The molecule has 2 aromatic rings. The van der Waals surface area contributed by atoms with Crippen LogP contribution in [0.3, 0.4) is 0 Å². The Morgan fingerprint density at radius 3 is 2.96 bits per heavy atom. The second kappa shape index (κ2) is 8.14. The standard InChI is InChI=1S/C19H22N2O5/c1-13(22)15-4-3-5-16(8-15)25-12-17-9-18(20-26-17)19(23)21-7-6-14(10-21)11-24-2/h3-5,8-9,14H,6-7,10-12H2,1-2H3/t14-/m0/s1. The number of benzene rings is 1. The predicted octanol–water partition coefficient (Wildman–Crippen LogP) is 2.56. The zero-order valence-electron chi connectivity index (χ0n) is 14.9. The van der Waals surface area contributed by atoms with E-state index in [2.05, 4.69) is 5.16 Å². The Bertz CT molecular complexity index is 786. The minimum atomic E-state index is -0.141. The molecule has 1 atom stereocenters. The first-order chi connectivity index (χ1) is 12.6. The zero-order valence-corrected chi connectivity index (χ0v) is 14.9. The first-order valence-corrected chi connectivity index (χ1v) is 8.54. The third kappa shape index (κ3) is 4.29. The maximum Gasteiger partial charge on any atom is 0.276 e. The van der Waals surface area contributed by atoms with Crippen LogP contribution in [0, 0.1) is 5.92 Å². The first-order valence-electron chi connectivity index (χ1n) is 8.54. The molecule has 138 valence electrons. The largest absolute Gasteiger partial charge is 0.486 e. The van der Waals surface area contributed by atoms with Gasteiger partial charge in [-0.15, -0.1) is 0 Å². The van der Waals surface area contributed by atoms with E-state index in [-0.39, 0.29) is 24.0 Å². The van der Waals surface area contributed by atoms with Crippen LogP contribution in [0.5, 0.6) is 5.75 Å². The molecule has 0 radical (unpaired) electrons. The Labute approximate surface area is 151 Å². The molecule has 1 aromatic carbocycles. The van der Waals surface area contributed by atoms with Crippen molar-refractivity contribution in [2.75, 3.05) is 26.8 Å². The fourth-order valence-electron chi connectivity index (χ4n) is 2.99. The lowest BCUT2D eigenvalue weighted by molar-refractivity contribution is 0.0764. The summed E-state index contributed by atoms with van der Waals surface area (Å²) in [7, 11) is 1.67. The number of likely N-dealkylation sites (tertiary alicyclic amines) is 1. The van der Waals surface area contributed by atoms with Gasteiger partial charge in [0.05, 0.1) is 6.61 Å². The predicted molar refractivity (Wildman–Crippen MR) is 93.2 cm³/mol. The van der Waals surface area contributed by atoms with Crippen LogP contribution in [0.4, 0.5) is 0 Å². The van der Waals surface area contributed by atoms with Crippen LogP contribution in [0.15, 0.2) is 34.9 Å². The van der Waals surface area contributed by atoms with Gasteiger partial charge in [0, 0.05) is 37.7 Å². The molecule has 7 heteroatoms. The second-order valence-electron chi connectivity index (χ2n) is 6.41. The van der Waals surface area contributed by atoms with Gasteiger partial charge in [-0.1, -0.05) is 17.3 Å². The van der Waals surface area contributed by atoms with E-state index in [0.717, 1.165) is 6.42 Å². The van der Waals surface area contributed by atoms with Crippen molar-refractivity contribution in [2.24, 2.45) is 5.92 Å². The molecule has 0 N–H and O–H groups in total. The van der Waals surface area contributed by atoms with Crippen LogP contribution in [0.1, 0.15) is 40.0 Å². The smallest absolute Gasteiger partial charge is 0.276 e. The van der Waals surface area contributed by atoms with Gasteiger partial charge in [0.2, 0.25) is 0 Å². The molecule has 2 heterocycles. The van der Waals surface area contributed by atoms with E-state index in [9.17, 15) is 9.59 Å². The average molecular weight is 358 g/mol. The van der Waals surface area contributed by atoms with Gasteiger partial charge in [0.15, 0.2) is 17.2 Å². The lowest BCUT2D eigenvalue weighted by Crippen LogP contribution is -2.29. The third-order valence-corrected chi connectivity index (χ3v) is 4.38. The summed E-state index contributed by atoms with van der Waals surface area (Å²) in [5, 5.41) is 3.86. The zero-order chi connectivity index (χ0) is 18.5. The van der Waals surface area contributed by atoms with Crippen molar-refractivity contribution in [2.45, 2.75) is 20.0 Å². The van der Waals surface area contributed by atoms with Gasteiger partial charge in [-0.25, -0.2) is 0 Å². The Hall–Kier alpha value is -2.67. The molecule has 1 fully saturated rings. The molecule has 1 aliphatic rings. The number of methoxy groups -OCH3 is 1. The number of aromatic nitrogens is 1. The van der Waals surface area contributed by atoms with E-state index in [1.807, 2.05) is 0 Å². The van der Waals surface area contributed by atoms with E-state index in [4.69, 9.17) is 14.0 Å². The summed E-state index contributed by atoms with van der Waals surface area (Å²) < 4.78 is 16.0. The van der Waals surface area contributed by atoms with Crippen molar-refractivity contribution in [3.8, 4) is 5.75 Å². The van der Waals surface area contributed by atoms with Crippen molar-refractivity contribution in [1.82, 2.24) is 10.1 Å². The van der Waals surface area contributed by atoms with Gasteiger partial charge in [-0.05, 0) is 25.5 Å². The Morgan fingerprint density at radius 2 is 2.19 bits per heavy atom. The lowest BCUT2D eigenvalue weighted by Gasteiger charge is -2.14. The molecular formula is C19H22N2O5. The third-order valence-electron chi connectivity index (χ3n) is 4.38.